The highest BCUT2D eigenvalue weighted by Crippen LogP contribution is 2.46. The number of hydrogen-bond donors (Lipinski definition) is 1. The molecule has 0 amide bonds. The lowest BCUT2D eigenvalue weighted by atomic mass is 9.75. The number of aliphatic hydroxyl groups is 1. The van der Waals surface area contributed by atoms with Gasteiger partial charge in [-0.15, -0.1) is 0 Å². The molecule has 6 heteroatoms. The highest BCUT2D eigenvalue weighted by atomic mass is 32.2. The summed E-state index contributed by atoms with van der Waals surface area (Å²) in [4.78, 5) is 2.27. The quantitative estimate of drug-likeness (QED) is 0.360. The molecule has 2 unspecified atom stereocenters. The Morgan fingerprint density at radius 1 is 0.784 bits per heavy atom. The van der Waals surface area contributed by atoms with Crippen molar-refractivity contribution >= 4 is 9.84 Å². The zero-order valence-electron chi connectivity index (χ0n) is 20.8. The fourth-order valence-electron chi connectivity index (χ4n) is 5.34. The number of ether oxygens (including phenoxy) is 1. The van der Waals surface area contributed by atoms with Crippen LogP contribution in [0.3, 0.4) is 0 Å². The Kier molecular flexibility index (Phi) is 7.26. The number of aliphatic hydroxyl groups excluding tert-OH is 1. The molecular weight excluding hydrogens is 482 g/mol. The molecule has 1 saturated heterocycles. The third-order valence-corrected chi connectivity index (χ3v) is 9.18. The Labute approximate surface area is 218 Å². The molecule has 5 nitrogen and oxygen atoms in total. The van der Waals surface area contributed by atoms with Crippen molar-refractivity contribution in [1.29, 1.82) is 0 Å². The van der Waals surface area contributed by atoms with Gasteiger partial charge in [-0.2, -0.15) is 0 Å². The maximum absolute atomic E-state index is 14.3. The summed E-state index contributed by atoms with van der Waals surface area (Å²) in [5.74, 6) is 0. The monoisotopic (exact) mass is 513 g/mol. The lowest BCUT2D eigenvalue weighted by molar-refractivity contribution is -0.0850. The number of nitrogens with zero attached hydrogens (tertiary/aromatic N) is 1. The van der Waals surface area contributed by atoms with Crippen molar-refractivity contribution in [3.8, 4) is 0 Å². The smallest absolute Gasteiger partial charge is 0.196 e. The number of benzene rings is 4. The van der Waals surface area contributed by atoms with Crippen molar-refractivity contribution in [3.63, 3.8) is 0 Å². The number of rotatable bonds is 7. The van der Waals surface area contributed by atoms with Crippen molar-refractivity contribution in [3.05, 3.63) is 138 Å². The molecule has 0 spiro atoms. The number of hydrogen-bond acceptors (Lipinski definition) is 5. The van der Waals surface area contributed by atoms with Crippen LogP contribution in [0.2, 0.25) is 0 Å². The summed E-state index contributed by atoms with van der Waals surface area (Å²) in [5.41, 5.74) is 2.85. The van der Waals surface area contributed by atoms with Crippen molar-refractivity contribution in [2.75, 3.05) is 19.8 Å². The molecule has 0 saturated carbocycles. The van der Waals surface area contributed by atoms with E-state index < -0.39 is 26.9 Å². The van der Waals surface area contributed by atoms with Crippen LogP contribution in [0.1, 0.15) is 22.3 Å². The van der Waals surface area contributed by atoms with Crippen LogP contribution < -0.4 is 0 Å². The molecule has 1 fully saturated rings. The predicted molar refractivity (Wildman–Crippen MR) is 145 cm³/mol. The van der Waals surface area contributed by atoms with Crippen LogP contribution in [-0.4, -0.2) is 49.7 Å². The summed E-state index contributed by atoms with van der Waals surface area (Å²) in [6, 6.07) is 36.9. The zero-order valence-corrected chi connectivity index (χ0v) is 21.6. The van der Waals surface area contributed by atoms with Gasteiger partial charge in [-0.25, -0.2) is 8.42 Å². The molecule has 0 aliphatic carbocycles. The van der Waals surface area contributed by atoms with Crippen molar-refractivity contribution in [1.82, 2.24) is 4.90 Å². The van der Waals surface area contributed by atoms with E-state index in [9.17, 15) is 13.5 Å². The average molecular weight is 514 g/mol. The average Bonchev–Trinajstić information content (AvgIpc) is 2.95. The van der Waals surface area contributed by atoms with Gasteiger partial charge in [0.15, 0.2) is 9.84 Å². The molecule has 1 heterocycles. The molecule has 5 rings (SSSR count). The second-order valence-corrected chi connectivity index (χ2v) is 11.5. The van der Waals surface area contributed by atoms with Gasteiger partial charge in [0.1, 0.15) is 5.37 Å². The van der Waals surface area contributed by atoms with Crippen molar-refractivity contribution in [2.24, 2.45) is 0 Å². The molecule has 1 aliphatic heterocycles. The first kappa shape index (κ1) is 25.4. The fraction of sp³-hybridized carbons (Fsp3) is 0.226. The fourth-order valence-corrected chi connectivity index (χ4v) is 7.01. The first-order chi connectivity index (χ1) is 18.0. The summed E-state index contributed by atoms with van der Waals surface area (Å²) in [7, 11) is -3.85. The van der Waals surface area contributed by atoms with Gasteiger partial charge in [-0.3, -0.25) is 4.90 Å². The van der Waals surface area contributed by atoms with Gasteiger partial charge in [-0.05, 0) is 35.7 Å². The van der Waals surface area contributed by atoms with E-state index in [0.29, 0.717) is 0 Å². The van der Waals surface area contributed by atoms with Crippen LogP contribution in [0.15, 0.2) is 120 Å². The van der Waals surface area contributed by atoms with Gasteiger partial charge in [0.2, 0.25) is 0 Å². The predicted octanol–water partition coefficient (Wildman–Crippen LogP) is 4.78. The molecule has 4 aromatic rings. The van der Waals surface area contributed by atoms with Crippen LogP contribution in [0.5, 0.6) is 0 Å². The van der Waals surface area contributed by atoms with E-state index in [2.05, 4.69) is 0 Å². The van der Waals surface area contributed by atoms with Crippen molar-refractivity contribution < 1.29 is 18.3 Å². The van der Waals surface area contributed by atoms with Crippen LogP contribution in [-0.2, 0) is 20.1 Å². The molecule has 190 valence electrons. The van der Waals surface area contributed by atoms with E-state index in [1.807, 2.05) is 115 Å². The third-order valence-electron chi connectivity index (χ3n) is 7.14. The largest absolute Gasteiger partial charge is 0.394 e. The second-order valence-electron chi connectivity index (χ2n) is 9.41. The lowest BCUT2D eigenvalue weighted by Gasteiger charge is -2.51. The summed E-state index contributed by atoms with van der Waals surface area (Å²) in [5, 5.41) is 9.13. The molecule has 2 atom stereocenters. The number of morpholine rings is 1. The Hall–Kier alpha value is -3.29. The SMILES string of the molecule is Cc1ccc(S(=O)(=O)C2COC(CO)CN2C(c2ccccc2)(c2ccccc2)c2ccccc2)cc1. The summed E-state index contributed by atoms with van der Waals surface area (Å²) in [6.45, 7) is 1.90. The van der Waals surface area contributed by atoms with Crippen LogP contribution in [0.25, 0.3) is 0 Å². The van der Waals surface area contributed by atoms with E-state index in [4.69, 9.17) is 4.74 Å². The van der Waals surface area contributed by atoms with E-state index in [1.54, 1.807) is 12.1 Å². The third kappa shape index (κ3) is 4.62. The Morgan fingerprint density at radius 3 is 1.68 bits per heavy atom. The molecule has 4 aromatic carbocycles. The normalized spacial score (nSPS) is 19.0. The zero-order chi connectivity index (χ0) is 25.9. The van der Waals surface area contributed by atoms with Gasteiger partial charge < -0.3 is 9.84 Å². The maximum atomic E-state index is 14.3. The molecule has 0 aromatic heterocycles. The number of aryl methyl sites for hydroxylation is 1. The summed E-state index contributed by atoms with van der Waals surface area (Å²) in [6.07, 6.45) is -0.528. The molecule has 1 aliphatic rings. The Balaban J connectivity index is 1.81. The van der Waals surface area contributed by atoms with Gasteiger partial charge in [0.05, 0.1) is 29.8 Å². The molecular formula is C31H31NO4S. The first-order valence-corrected chi connectivity index (χ1v) is 14.0. The second kappa shape index (κ2) is 10.6. The molecule has 1 N–H and O–H groups in total. The van der Waals surface area contributed by atoms with Gasteiger partial charge >= 0.3 is 0 Å². The van der Waals surface area contributed by atoms with Gasteiger partial charge in [0.25, 0.3) is 0 Å². The Morgan fingerprint density at radius 2 is 1.24 bits per heavy atom. The van der Waals surface area contributed by atoms with Crippen LogP contribution >= 0.6 is 0 Å². The maximum Gasteiger partial charge on any atom is 0.196 e. The minimum Gasteiger partial charge on any atom is -0.394 e. The molecule has 0 bridgehead atoms. The summed E-state index contributed by atoms with van der Waals surface area (Å²) < 4.78 is 34.5. The van der Waals surface area contributed by atoms with E-state index in [1.165, 1.54) is 0 Å². The number of sulfone groups is 1. The minimum absolute atomic E-state index is 0.0598. The summed E-state index contributed by atoms with van der Waals surface area (Å²) >= 11 is 0. The van der Waals surface area contributed by atoms with Gasteiger partial charge in [0, 0.05) is 6.54 Å². The van der Waals surface area contributed by atoms with Crippen molar-refractivity contribution in [2.45, 2.75) is 28.8 Å². The minimum atomic E-state index is -3.85. The van der Waals surface area contributed by atoms with E-state index in [-0.39, 0.29) is 24.7 Å². The first-order valence-electron chi connectivity index (χ1n) is 12.4. The van der Waals surface area contributed by atoms with E-state index >= 15 is 0 Å². The van der Waals surface area contributed by atoms with E-state index in [0.717, 1.165) is 22.3 Å². The highest BCUT2D eigenvalue weighted by Gasteiger charge is 2.51. The topological polar surface area (TPSA) is 66.8 Å². The van der Waals surface area contributed by atoms with Gasteiger partial charge in [-0.1, -0.05) is 109 Å². The highest BCUT2D eigenvalue weighted by molar-refractivity contribution is 7.92. The van der Waals surface area contributed by atoms with Crippen LogP contribution in [0, 0.1) is 6.92 Å². The Bertz CT molecular complexity index is 1310. The lowest BCUT2D eigenvalue weighted by Crippen LogP contribution is -2.62. The molecule has 37 heavy (non-hydrogen) atoms. The molecule has 0 radical (unpaired) electrons. The standard InChI is InChI=1S/C31H31NO4S/c1-24-17-19-29(20-18-24)37(34,35)30-23-36-28(22-33)21-32(30)31(25-11-5-2-6-12-25,26-13-7-3-8-14-26)27-15-9-4-10-16-27/h2-20,28,30,33H,21-23H2,1H3. The van der Waals surface area contributed by atoms with Crippen LogP contribution in [0.4, 0.5) is 0 Å².